The Hall–Kier alpha value is -0.600. The van der Waals surface area contributed by atoms with Crippen molar-refractivity contribution in [3.8, 4) is 0 Å². The lowest BCUT2D eigenvalue weighted by Gasteiger charge is -2.18. The van der Waals surface area contributed by atoms with Crippen LogP contribution in [0, 0.1) is 0 Å². The smallest absolute Gasteiger partial charge is 0.330 e. The highest BCUT2D eigenvalue weighted by Gasteiger charge is 2.20. The summed E-state index contributed by atoms with van der Waals surface area (Å²) in [7, 11) is 1.28. The van der Waals surface area contributed by atoms with E-state index in [1.165, 1.54) is 14.0 Å². The van der Waals surface area contributed by atoms with E-state index >= 15 is 0 Å². The van der Waals surface area contributed by atoms with Gasteiger partial charge >= 0.3 is 5.97 Å². The van der Waals surface area contributed by atoms with Crippen molar-refractivity contribution < 1.29 is 14.3 Å². The molecule has 1 unspecified atom stereocenters. The van der Waals surface area contributed by atoms with Crippen molar-refractivity contribution in [1.29, 1.82) is 0 Å². The predicted octanol–water partition coefficient (Wildman–Crippen LogP) is 3.06. The number of anilines is 1. The zero-order valence-corrected chi connectivity index (χ0v) is 15.6. The number of nitrogens with one attached hydrogen (secondary N) is 2. The molecule has 5 nitrogen and oxygen atoms in total. The normalized spacial score (nSPS) is 11.7. The molecular weight excluding hydrogens is 460 g/mol. The molecule has 0 heterocycles. The molecule has 0 fully saturated rings. The van der Waals surface area contributed by atoms with Gasteiger partial charge in [0.1, 0.15) is 6.04 Å². The molecule has 110 valence electrons. The van der Waals surface area contributed by atoms with E-state index in [4.69, 9.17) is 0 Å². The van der Waals surface area contributed by atoms with Crippen LogP contribution in [0.1, 0.15) is 6.92 Å². The van der Waals surface area contributed by atoms with Crippen molar-refractivity contribution in [3.05, 3.63) is 25.6 Å². The van der Waals surface area contributed by atoms with E-state index in [0.717, 1.165) is 19.1 Å². The molecular formula is C12H13Br3N2O3. The molecule has 1 amide bonds. The first-order chi connectivity index (χ1) is 9.35. The highest BCUT2D eigenvalue weighted by Crippen LogP contribution is 2.34. The third-order valence-electron chi connectivity index (χ3n) is 2.35. The second-order valence-corrected chi connectivity index (χ2v) is 6.53. The SMILES string of the molecule is COC(=O)C(CNc1c(Br)cc(Br)cc1Br)NC(C)=O. The molecule has 0 aliphatic rings. The van der Waals surface area contributed by atoms with Crippen molar-refractivity contribution in [2.45, 2.75) is 13.0 Å². The maximum Gasteiger partial charge on any atom is 0.330 e. The van der Waals surface area contributed by atoms with E-state index in [0.29, 0.717) is 0 Å². The van der Waals surface area contributed by atoms with Gasteiger partial charge in [-0.3, -0.25) is 4.79 Å². The average Bonchev–Trinajstić information content (AvgIpc) is 2.34. The maximum absolute atomic E-state index is 11.6. The third kappa shape index (κ3) is 5.06. The van der Waals surface area contributed by atoms with Gasteiger partial charge in [0, 0.05) is 26.9 Å². The molecule has 2 N–H and O–H groups in total. The van der Waals surface area contributed by atoms with Gasteiger partial charge in [-0.2, -0.15) is 0 Å². The summed E-state index contributed by atoms with van der Waals surface area (Å²) < 4.78 is 7.22. The Balaban J connectivity index is 2.82. The number of hydrogen-bond donors (Lipinski definition) is 2. The van der Waals surface area contributed by atoms with E-state index in [9.17, 15) is 9.59 Å². The zero-order chi connectivity index (χ0) is 15.3. The van der Waals surface area contributed by atoms with Gasteiger partial charge in [-0.05, 0) is 44.0 Å². The Morgan fingerprint density at radius 3 is 2.25 bits per heavy atom. The quantitative estimate of drug-likeness (QED) is 0.646. The van der Waals surface area contributed by atoms with Gasteiger partial charge in [-0.15, -0.1) is 0 Å². The van der Waals surface area contributed by atoms with Crippen LogP contribution in [-0.2, 0) is 14.3 Å². The first-order valence-corrected chi connectivity index (χ1v) is 7.96. The van der Waals surface area contributed by atoms with Gasteiger partial charge in [0.25, 0.3) is 0 Å². The van der Waals surface area contributed by atoms with Crippen LogP contribution in [-0.4, -0.2) is 31.6 Å². The lowest BCUT2D eigenvalue weighted by atomic mass is 10.2. The Bertz CT molecular complexity index is 500. The van der Waals surface area contributed by atoms with E-state index in [2.05, 4.69) is 63.2 Å². The van der Waals surface area contributed by atoms with E-state index in [1.807, 2.05) is 12.1 Å². The molecule has 0 bridgehead atoms. The van der Waals surface area contributed by atoms with Gasteiger partial charge in [0.15, 0.2) is 0 Å². The van der Waals surface area contributed by atoms with Crippen molar-refractivity contribution in [2.75, 3.05) is 19.0 Å². The van der Waals surface area contributed by atoms with Crippen LogP contribution in [0.25, 0.3) is 0 Å². The van der Waals surface area contributed by atoms with Crippen LogP contribution in [0.15, 0.2) is 25.6 Å². The Kier molecular flexibility index (Phi) is 6.97. The molecule has 0 aromatic heterocycles. The monoisotopic (exact) mass is 470 g/mol. The molecule has 0 aliphatic heterocycles. The van der Waals surface area contributed by atoms with Gasteiger partial charge in [-0.25, -0.2) is 4.79 Å². The predicted molar refractivity (Wildman–Crippen MR) is 87.7 cm³/mol. The minimum absolute atomic E-state index is 0.213. The number of hydrogen-bond acceptors (Lipinski definition) is 4. The number of carbonyl (C=O) groups is 2. The molecule has 0 spiro atoms. The number of benzene rings is 1. The van der Waals surface area contributed by atoms with Gasteiger partial charge < -0.3 is 15.4 Å². The summed E-state index contributed by atoms with van der Waals surface area (Å²) in [5.41, 5.74) is 0.785. The number of halogens is 3. The number of carbonyl (C=O) groups excluding carboxylic acids is 2. The van der Waals surface area contributed by atoms with Crippen molar-refractivity contribution >= 4 is 65.4 Å². The first kappa shape index (κ1) is 17.5. The van der Waals surface area contributed by atoms with Gasteiger partial charge in [0.2, 0.25) is 5.91 Å². The molecule has 1 aromatic rings. The number of amides is 1. The third-order valence-corrected chi connectivity index (χ3v) is 4.06. The standard InChI is InChI=1S/C12H13Br3N2O3/c1-6(18)17-10(12(19)20-2)5-16-11-8(14)3-7(13)4-9(11)15/h3-4,10,16H,5H2,1-2H3,(H,17,18). The second kappa shape index (κ2) is 7.99. The number of rotatable bonds is 5. The van der Waals surface area contributed by atoms with Crippen LogP contribution < -0.4 is 10.6 Å². The molecule has 0 saturated heterocycles. The number of esters is 1. The first-order valence-electron chi connectivity index (χ1n) is 5.58. The summed E-state index contributed by atoms with van der Waals surface area (Å²) in [4.78, 5) is 22.7. The Morgan fingerprint density at radius 1 is 1.25 bits per heavy atom. The number of methoxy groups -OCH3 is 1. The molecule has 1 aromatic carbocycles. The lowest BCUT2D eigenvalue weighted by Crippen LogP contribution is -2.45. The summed E-state index contributed by atoms with van der Waals surface area (Å²) in [6, 6.07) is 3.00. The van der Waals surface area contributed by atoms with E-state index < -0.39 is 12.0 Å². The molecule has 1 atom stereocenters. The van der Waals surface area contributed by atoms with Crippen molar-refractivity contribution in [1.82, 2.24) is 5.32 Å². The number of ether oxygens (including phenoxy) is 1. The zero-order valence-electron chi connectivity index (χ0n) is 10.8. The average molecular weight is 473 g/mol. The van der Waals surface area contributed by atoms with Crippen LogP contribution in [0.4, 0.5) is 5.69 Å². The van der Waals surface area contributed by atoms with Crippen LogP contribution in [0.3, 0.4) is 0 Å². The second-order valence-electron chi connectivity index (χ2n) is 3.90. The van der Waals surface area contributed by atoms with Crippen molar-refractivity contribution in [3.63, 3.8) is 0 Å². The lowest BCUT2D eigenvalue weighted by molar-refractivity contribution is -0.144. The van der Waals surface area contributed by atoms with E-state index in [1.54, 1.807) is 0 Å². The Labute approximate surface area is 142 Å². The molecule has 1 rings (SSSR count). The minimum atomic E-state index is -0.750. The van der Waals surface area contributed by atoms with Gasteiger partial charge in [-0.1, -0.05) is 15.9 Å². The summed E-state index contributed by atoms with van der Waals surface area (Å²) in [6.45, 7) is 1.56. The largest absolute Gasteiger partial charge is 0.467 e. The van der Waals surface area contributed by atoms with Crippen LogP contribution in [0.5, 0.6) is 0 Å². The Morgan fingerprint density at radius 2 is 1.80 bits per heavy atom. The molecule has 8 heteroatoms. The summed E-state index contributed by atoms with van der Waals surface area (Å²) in [5, 5.41) is 5.63. The van der Waals surface area contributed by atoms with E-state index in [-0.39, 0.29) is 12.5 Å². The topological polar surface area (TPSA) is 67.4 Å². The fraction of sp³-hybridized carbons (Fsp3) is 0.333. The summed E-state index contributed by atoms with van der Waals surface area (Å²) in [5.74, 6) is -0.798. The molecule has 0 saturated carbocycles. The summed E-state index contributed by atoms with van der Waals surface area (Å²) >= 11 is 10.2. The fourth-order valence-electron chi connectivity index (χ4n) is 1.50. The molecule has 20 heavy (non-hydrogen) atoms. The van der Waals surface area contributed by atoms with Crippen LogP contribution >= 0.6 is 47.8 Å². The van der Waals surface area contributed by atoms with Crippen LogP contribution in [0.2, 0.25) is 0 Å². The summed E-state index contributed by atoms with van der Waals surface area (Å²) in [6.07, 6.45) is 0. The molecule has 0 aliphatic carbocycles. The minimum Gasteiger partial charge on any atom is -0.467 e. The highest BCUT2D eigenvalue weighted by atomic mass is 79.9. The molecule has 0 radical (unpaired) electrons. The maximum atomic E-state index is 11.6. The highest BCUT2D eigenvalue weighted by molar-refractivity contribution is 9.11. The van der Waals surface area contributed by atoms with Crippen molar-refractivity contribution in [2.24, 2.45) is 0 Å². The van der Waals surface area contributed by atoms with Gasteiger partial charge in [0.05, 0.1) is 12.8 Å². The fourth-order valence-corrected chi connectivity index (χ4v) is 4.04.